The molecule has 0 unspecified atom stereocenters. The lowest BCUT2D eigenvalue weighted by Gasteiger charge is -2.19. The van der Waals surface area contributed by atoms with E-state index < -0.39 is 5.97 Å². The Bertz CT molecular complexity index is 632. The molecule has 0 aliphatic rings. The van der Waals surface area contributed by atoms with Gasteiger partial charge in [0.25, 0.3) is 0 Å². The van der Waals surface area contributed by atoms with E-state index in [1.165, 1.54) is 13.0 Å². The van der Waals surface area contributed by atoms with Gasteiger partial charge in [-0.3, -0.25) is 4.79 Å². The maximum absolute atomic E-state index is 12.0. The number of aryl methyl sites for hydroxylation is 1. The molecule has 0 fully saturated rings. The summed E-state index contributed by atoms with van der Waals surface area (Å²) in [5.41, 5.74) is 11.0. The van der Waals surface area contributed by atoms with E-state index >= 15 is 0 Å². The summed E-state index contributed by atoms with van der Waals surface area (Å²) in [6.45, 7) is 8.60. The molecule has 120 valence electrons. The first-order chi connectivity index (χ1) is 9.99. The van der Waals surface area contributed by atoms with E-state index in [9.17, 15) is 9.59 Å². The number of hydrogen-bond acceptors (Lipinski definition) is 7. The van der Waals surface area contributed by atoms with Crippen molar-refractivity contribution >= 4 is 23.5 Å². The van der Waals surface area contributed by atoms with Crippen molar-refractivity contribution in [3.05, 3.63) is 23.2 Å². The Balaban J connectivity index is 2.84. The zero-order valence-corrected chi connectivity index (χ0v) is 13.4. The Labute approximate surface area is 128 Å². The fraction of sp³-hybridized carbons (Fsp3) is 0.429. The Kier molecular flexibility index (Phi) is 5.08. The smallest absolute Gasteiger partial charge is 0.365 e. The zero-order chi connectivity index (χ0) is 17.1. The second-order valence-electron chi connectivity index (χ2n) is 5.81. The van der Waals surface area contributed by atoms with Gasteiger partial charge in [-0.15, -0.1) is 0 Å². The lowest BCUT2D eigenvalue weighted by molar-refractivity contribution is -0.117. The average Bonchev–Trinajstić information content (AvgIpc) is 2.30. The summed E-state index contributed by atoms with van der Waals surface area (Å²) in [5.74, 6) is -1.04. The number of amides is 1. The molecule has 0 spiro atoms. The van der Waals surface area contributed by atoms with Crippen LogP contribution in [0.2, 0.25) is 0 Å². The molecule has 0 aliphatic heterocycles. The molecule has 1 heterocycles. The van der Waals surface area contributed by atoms with Crippen LogP contribution in [0.3, 0.4) is 0 Å². The number of ether oxygens (including phenoxy) is 1. The number of carbonyl (C=O) groups is 2. The molecule has 5 N–H and O–H groups in total. The van der Waals surface area contributed by atoms with Gasteiger partial charge < -0.3 is 21.5 Å². The topological polar surface area (TPSA) is 133 Å². The summed E-state index contributed by atoms with van der Waals surface area (Å²) in [4.78, 5) is 31.4. The maximum atomic E-state index is 12.0. The average molecular weight is 307 g/mol. The predicted octanol–water partition coefficient (Wildman–Crippen LogP) is 0.925. The van der Waals surface area contributed by atoms with Crippen LogP contribution in [0.15, 0.2) is 11.8 Å². The zero-order valence-electron chi connectivity index (χ0n) is 13.4. The van der Waals surface area contributed by atoms with Crippen LogP contribution in [-0.4, -0.2) is 27.4 Å². The van der Waals surface area contributed by atoms with Crippen molar-refractivity contribution in [3.63, 3.8) is 0 Å². The quantitative estimate of drug-likeness (QED) is 0.429. The van der Waals surface area contributed by atoms with E-state index in [0.717, 1.165) is 0 Å². The van der Waals surface area contributed by atoms with Gasteiger partial charge in [-0.1, -0.05) is 0 Å². The summed E-state index contributed by atoms with van der Waals surface area (Å²) in [5, 5.41) is 2.72. The van der Waals surface area contributed by atoms with Crippen molar-refractivity contribution in [2.24, 2.45) is 0 Å². The van der Waals surface area contributed by atoms with E-state index in [-0.39, 0.29) is 34.5 Å². The molecule has 8 heteroatoms. The third-order valence-corrected chi connectivity index (χ3v) is 2.41. The van der Waals surface area contributed by atoms with E-state index in [4.69, 9.17) is 16.2 Å². The minimum atomic E-state index is -0.801. The van der Waals surface area contributed by atoms with Crippen molar-refractivity contribution in [2.45, 2.75) is 40.2 Å². The molecule has 0 atom stereocenters. The van der Waals surface area contributed by atoms with Gasteiger partial charge in [-0.2, -0.15) is 0 Å². The normalized spacial score (nSPS) is 12.0. The number of rotatable bonds is 3. The van der Waals surface area contributed by atoms with Gasteiger partial charge in [0.15, 0.2) is 11.5 Å². The number of esters is 1. The third-order valence-electron chi connectivity index (χ3n) is 2.41. The van der Waals surface area contributed by atoms with Crippen molar-refractivity contribution in [1.82, 2.24) is 15.3 Å². The van der Waals surface area contributed by atoms with Gasteiger partial charge in [-0.05, 0) is 34.6 Å². The van der Waals surface area contributed by atoms with E-state index in [1.807, 2.05) is 20.8 Å². The minimum Gasteiger partial charge on any atom is -0.426 e. The predicted molar refractivity (Wildman–Crippen MR) is 82.7 cm³/mol. The number of nitrogens with two attached hydrogens (primary N) is 2. The fourth-order valence-corrected chi connectivity index (χ4v) is 1.51. The highest BCUT2D eigenvalue weighted by molar-refractivity contribution is 5.94. The molecule has 8 nitrogen and oxygen atoms in total. The number of allylic oxidation sites excluding steroid dienone is 1. The minimum absolute atomic E-state index is 0.113. The largest absolute Gasteiger partial charge is 0.426 e. The van der Waals surface area contributed by atoms with Crippen molar-refractivity contribution in [2.75, 3.05) is 11.5 Å². The van der Waals surface area contributed by atoms with Crippen LogP contribution in [0.5, 0.6) is 0 Å². The van der Waals surface area contributed by atoms with Gasteiger partial charge in [-0.25, -0.2) is 14.8 Å². The molecule has 1 aromatic heterocycles. The molecule has 1 amide bonds. The van der Waals surface area contributed by atoms with E-state index in [2.05, 4.69) is 15.3 Å². The first kappa shape index (κ1) is 17.4. The summed E-state index contributed by atoms with van der Waals surface area (Å²) < 4.78 is 5.04. The van der Waals surface area contributed by atoms with Crippen LogP contribution < -0.4 is 16.8 Å². The highest BCUT2D eigenvalue weighted by Crippen LogP contribution is 2.14. The summed E-state index contributed by atoms with van der Waals surface area (Å²) in [6, 6.07) is 0. The highest BCUT2D eigenvalue weighted by atomic mass is 16.5. The Morgan fingerprint density at radius 2 is 1.77 bits per heavy atom. The van der Waals surface area contributed by atoms with Crippen LogP contribution in [0.25, 0.3) is 0 Å². The monoisotopic (exact) mass is 307 g/mol. The second kappa shape index (κ2) is 6.42. The Morgan fingerprint density at radius 3 is 2.32 bits per heavy atom. The lowest BCUT2D eigenvalue weighted by atomic mass is 10.1. The molecular weight excluding hydrogens is 286 g/mol. The molecule has 22 heavy (non-hydrogen) atoms. The second-order valence-corrected chi connectivity index (χ2v) is 5.81. The molecule has 0 aromatic carbocycles. The molecular formula is C14H21N5O3. The summed E-state index contributed by atoms with van der Waals surface area (Å²) >= 11 is 0. The van der Waals surface area contributed by atoms with Crippen LogP contribution in [-0.2, 0) is 9.53 Å². The van der Waals surface area contributed by atoms with Crippen LogP contribution in [0.4, 0.5) is 11.6 Å². The SMILES string of the molecule is C/C(=C\C(=O)NC(C)(C)C)OC(=O)c1nc(C)c(N)nc1N. The third kappa shape index (κ3) is 5.04. The maximum Gasteiger partial charge on any atom is 0.365 e. The first-order valence-corrected chi connectivity index (χ1v) is 6.62. The molecule has 0 saturated heterocycles. The van der Waals surface area contributed by atoms with Crippen LogP contribution >= 0.6 is 0 Å². The molecule has 0 aliphatic carbocycles. The van der Waals surface area contributed by atoms with Gasteiger partial charge in [0.05, 0.1) is 5.69 Å². The van der Waals surface area contributed by atoms with Gasteiger partial charge in [0.2, 0.25) is 5.91 Å². The van der Waals surface area contributed by atoms with Crippen LogP contribution in [0, 0.1) is 6.92 Å². The van der Waals surface area contributed by atoms with Crippen molar-refractivity contribution < 1.29 is 14.3 Å². The first-order valence-electron chi connectivity index (χ1n) is 6.62. The number of aromatic nitrogens is 2. The highest BCUT2D eigenvalue weighted by Gasteiger charge is 2.18. The van der Waals surface area contributed by atoms with Gasteiger partial charge >= 0.3 is 5.97 Å². The van der Waals surface area contributed by atoms with Gasteiger partial charge in [0, 0.05) is 11.6 Å². The summed E-state index contributed by atoms with van der Waals surface area (Å²) in [6.07, 6.45) is 1.18. The van der Waals surface area contributed by atoms with E-state index in [1.54, 1.807) is 6.92 Å². The summed E-state index contributed by atoms with van der Waals surface area (Å²) in [7, 11) is 0. The van der Waals surface area contributed by atoms with Crippen molar-refractivity contribution in [1.29, 1.82) is 0 Å². The molecule has 0 bridgehead atoms. The number of nitrogens with one attached hydrogen (secondary N) is 1. The molecule has 0 saturated carbocycles. The van der Waals surface area contributed by atoms with Crippen molar-refractivity contribution in [3.8, 4) is 0 Å². The number of anilines is 2. The van der Waals surface area contributed by atoms with E-state index in [0.29, 0.717) is 5.69 Å². The fourth-order valence-electron chi connectivity index (χ4n) is 1.51. The van der Waals surface area contributed by atoms with Gasteiger partial charge in [0.1, 0.15) is 11.6 Å². The Hall–Kier alpha value is -2.64. The lowest BCUT2D eigenvalue weighted by Crippen LogP contribution is -2.39. The Morgan fingerprint density at radius 1 is 1.18 bits per heavy atom. The standard InChI is InChI=1S/C14H21N5O3/c1-7(6-9(20)19-14(3,4)5)22-13(21)10-12(16)18-11(15)8(2)17-10/h6H,1-5H3,(H,19,20)(H4,15,16,18)/b7-6+. The number of carbonyl (C=O) groups excluding carboxylic acids is 2. The number of nitrogen functional groups attached to an aromatic ring is 2. The number of hydrogen-bond donors (Lipinski definition) is 3. The van der Waals surface area contributed by atoms with Crippen LogP contribution in [0.1, 0.15) is 43.9 Å². The molecule has 0 radical (unpaired) electrons. The molecule has 1 aromatic rings. The molecule has 1 rings (SSSR count). The number of nitrogens with zero attached hydrogens (tertiary/aromatic N) is 2.